The van der Waals surface area contributed by atoms with E-state index in [2.05, 4.69) is 49.4 Å². The maximum Gasteiger partial charge on any atom is 0.319 e. The van der Waals surface area contributed by atoms with Gasteiger partial charge in [0.15, 0.2) is 5.96 Å². The topological polar surface area (TPSA) is 57.9 Å². The van der Waals surface area contributed by atoms with Crippen LogP contribution in [0.15, 0.2) is 47.7 Å². The first kappa shape index (κ1) is 22.9. The zero-order valence-corrected chi connectivity index (χ0v) is 19.2. The Morgan fingerprint density at radius 2 is 2.10 bits per heavy atom. The third-order valence-electron chi connectivity index (χ3n) is 5.52. The summed E-state index contributed by atoms with van der Waals surface area (Å²) in [6.07, 6.45) is 2.77. The summed E-state index contributed by atoms with van der Waals surface area (Å²) in [7, 11) is 1.70. The fourth-order valence-electron chi connectivity index (χ4n) is 4.09. The van der Waals surface area contributed by atoms with Gasteiger partial charge in [-0.2, -0.15) is 8.78 Å². The number of halogens is 3. The summed E-state index contributed by atoms with van der Waals surface area (Å²) in [4.78, 5) is 13.0. The van der Waals surface area contributed by atoms with Crippen LogP contribution in [-0.4, -0.2) is 70.7 Å². The lowest BCUT2D eigenvalue weighted by atomic mass is 10.1. The van der Waals surface area contributed by atoms with Crippen molar-refractivity contribution in [3.63, 3.8) is 0 Å². The van der Waals surface area contributed by atoms with Crippen LogP contribution < -0.4 is 5.32 Å². The van der Waals surface area contributed by atoms with Crippen molar-refractivity contribution in [2.24, 2.45) is 4.99 Å². The normalized spacial score (nSPS) is 22.1. The number of imidazole rings is 1. The number of ether oxygens (including phenoxy) is 1. The van der Waals surface area contributed by atoms with E-state index in [1.54, 1.807) is 7.05 Å². The number of hydrogen-bond acceptors (Lipinski definition) is 4. The Hall–Kier alpha value is -1.79. The second-order valence-corrected chi connectivity index (χ2v) is 7.27. The number of aromatic nitrogens is 2. The van der Waals surface area contributed by atoms with Crippen molar-refractivity contribution >= 4 is 29.9 Å². The van der Waals surface area contributed by atoms with Gasteiger partial charge in [0, 0.05) is 45.6 Å². The molecular formula is C20H27F2IN6O. The zero-order valence-electron chi connectivity index (χ0n) is 16.8. The van der Waals surface area contributed by atoms with Gasteiger partial charge in [-0.3, -0.25) is 14.5 Å². The Morgan fingerprint density at radius 1 is 1.30 bits per heavy atom. The summed E-state index contributed by atoms with van der Waals surface area (Å²) < 4.78 is 32.9. The molecule has 2 aromatic rings. The maximum atomic E-state index is 13.0. The van der Waals surface area contributed by atoms with Gasteiger partial charge in [-0.15, -0.1) is 24.0 Å². The average molecular weight is 532 g/mol. The number of nitrogens with one attached hydrogen (secondary N) is 1. The highest BCUT2D eigenvalue weighted by Crippen LogP contribution is 2.24. The molecule has 0 amide bonds. The summed E-state index contributed by atoms with van der Waals surface area (Å²) in [5.74, 6) is 0.950. The summed E-state index contributed by atoms with van der Waals surface area (Å²) in [5, 5.41) is 3.17. The molecule has 10 heteroatoms. The Kier molecular flexibility index (Phi) is 8.00. The molecule has 2 saturated heterocycles. The Labute approximate surface area is 192 Å². The largest absolute Gasteiger partial charge is 0.373 e. The van der Waals surface area contributed by atoms with Crippen molar-refractivity contribution in [3.8, 4) is 0 Å². The first-order valence-electron chi connectivity index (χ1n) is 9.80. The van der Waals surface area contributed by atoms with Crippen molar-refractivity contribution in [3.05, 3.63) is 54.1 Å². The number of morpholine rings is 1. The maximum absolute atomic E-state index is 13.0. The average Bonchev–Trinajstić information content (AvgIpc) is 3.37. The minimum Gasteiger partial charge on any atom is -0.373 e. The zero-order chi connectivity index (χ0) is 20.2. The van der Waals surface area contributed by atoms with Crippen LogP contribution in [0.4, 0.5) is 8.78 Å². The molecule has 4 rings (SSSR count). The molecule has 0 aliphatic carbocycles. The van der Waals surface area contributed by atoms with Gasteiger partial charge < -0.3 is 15.0 Å². The first-order chi connectivity index (χ1) is 14.2. The fourth-order valence-corrected chi connectivity index (χ4v) is 4.09. The van der Waals surface area contributed by atoms with Gasteiger partial charge in [0.25, 0.3) is 0 Å². The third kappa shape index (κ3) is 5.09. The molecule has 2 aliphatic rings. The van der Waals surface area contributed by atoms with Crippen LogP contribution in [0.2, 0.25) is 0 Å². The Morgan fingerprint density at radius 3 is 2.83 bits per heavy atom. The fraction of sp³-hybridized carbons (Fsp3) is 0.500. The van der Waals surface area contributed by atoms with E-state index in [0.29, 0.717) is 12.6 Å². The molecule has 3 heterocycles. The number of benzene rings is 1. The van der Waals surface area contributed by atoms with Crippen molar-refractivity contribution < 1.29 is 13.5 Å². The van der Waals surface area contributed by atoms with Gasteiger partial charge in [-0.25, -0.2) is 4.98 Å². The van der Waals surface area contributed by atoms with Crippen LogP contribution in [0.3, 0.4) is 0 Å². The molecule has 1 aromatic heterocycles. The molecule has 2 atom stereocenters. The number of guanidine groups is 1. The number of aliphatic imine (C=N–C) groups is 1. The molecule has 2 aliphatic heterocycles. The Bertz CT molecular complexity index is 834. The second-order valence-electron chi connectivity index (χ2n) is 7.27. The van der Waals surface area contributed by atoms with Crippen molar-refractivity contribution in [2.45, 2.75) is 31.8 Å². The summed E-state index contributed by atoms with van der Waals surface area (Å²) in [6, 6.07) is 10.7. The molecular weight excluding hydrogens is 505 g/mol. The number of likely N-dealkylation sites (tertiary alicyclic amines) is 1. The lowest BCUT2D eigenvalue weighted by Crippen LogP contribution is -2.50. The highest BCUT2D eigenvalue weighted by atomic mass is 127. The van der Waals surface area contributed by atoms with Gasteiger partial charge >= 0.3 is 6.55 Å². The molecule has 164 valence electrons. The molecule has 2 unspecified atom stereocenters. The summed E-state index contributed by atoms with van der Waals surface area (Å²) in [5.41, 5.74) is 1.29. The van der Waals surface area contributed by atoms with Crippen LogP contribution in [0.5, 0.6) is 0 Å². The molecule has 0 spiro atoms. The first-order valence-corrected chi connectivity index (χ1v) is 9.80. The van der Waals surface area contributed by atoms with E-state index in [9.17, 15) is 8.78 Å². The van der Waals surface area contributed by atoms with E-state index < -0.39 is 6.55 Å². The summed E-state index contributed by atoms with van der Waals surface area (Å²) >= 11 is 0. The van der Waals surface area contributed by atoms with Gasteiger partial charge in [0.05, 0.1) is 25.3 Å². The molecule has 0 saturated carbocycles. The van der Waals surface area contributed by atoms with Crippen LogP contribution in [-0.2, 0) is 17.8 Å². The monoisotopic (exact) mass is 532 g/mol. The van der Waals surface area contributed by atoms with E-state index in [-0.39, 0.29) is 48.5 Å². The number of rotatable bonds is 5. The number of alkyl halides is 2. The van der Waals surface area contributed by atoms with Crippen molar-refractivity contribution in [2.75, 3.05) is 33.3 Å². The number of fused-ring (bicyclic) bond motifs is 1. The predicted molar refractivity (Wildman–Crippen MR) is 121 cm³/mol. The van der Waals surface area contributed by atoms with Crippen LogP contribution in [0.25, 0.3) is 0 Å². The highest BCUT2D eigenvalue weighted by molar-refractivity contribution is 14.0. The van der Waals surface area contributed by atoms with Gasteiger partial charge in [-0.05, 0) is 5.56 Å². The predicted octanol–water partition coefficient (Wildman–Crippen LogP) is 2.56. The lowest BCUT2D eigenvalue weighted by Gasteiger charge is -2.36. The Balaban J connectivity index is 0.00000256. The number of hydrogen-bond donors (Lipinski definition) is 1. The second kappa shape index (κ2) is 10.5. The van der Waals surface area contributed by atoms with E-state index in [0.717, 1.165) is 30.7 Å². The van der Waals surface area contributed by atoms with E-state index in [1.165, 1.54) is 18.0 Å². The van der Waals surface area contributed by atoms with Crippen LogP contribution in [0, 0.1) is 0 Å². The molecule has 30 heavy (non-hydrogen) atoms. The molecule has 0 bridgehead atoms. The minimum atomic E-state index is -2.61. The molecule has 1 N–H and O–H groups in total. The van der Waals surface area contributed by atoms with Crippen LogP contribution in [0.1, 0.15) is 17.9 Å². The van der Waals surface area contributed by atoms with Gasteiger partial charge in [0.1, 0.15) is 5.82 Å². The van der Waals surface area contributed by atoms with E-state index in [1.807, 2.05) is 6.07 Å². The standard InChI is InChI=1S/C20H26F2N6O.HI/c1-23-20(25-11-18-24-7-8-28(18)19(21)22)27-13-16-17(14-27)29-10-9-26(16)12-15-5-3-2-4-6-15;/h2-8,16-17,19H,9-14H2,1H3,(H,23,25);1H. The van der Waals surface area contributed by atoms with Gasteiger partial charge in [0.2, 0.25) is 0 Å². The quantitative estimate of drug-likeness (QED) is 0.365. The smallest absolute Gasteiger partial charge is 0.319 e. The van der Waals surface area contributed by atoms with Gasteiger partial charge in [-0.1, -0.05) is 30.3 Å². The van der Waals surface area contributed by atoms with Crippen molar-refractivity contribution in [1.29, 1.82) is 0 Å². The molecule has 2 fully saturated rings. The SMILES string of the molecule is CN=C(NCc1nccn1C(F)F)N1CC2OCCN(Cc3ccccc3)C2C1.I. The molecule has 0 radical (unpaired) electrons. The highest BCUT2D eigenvalue weighted by Gasteiger charge is 2.41. The van der Waals surface area contributed by atoms with E-state index in [4.69, 9.17) is 4.74 Å². The number of nitrogens with zero attached hydrogens (tertiary/aromatic N) is 5. The van der Waals surface area contributed by atoms with E-state index >= 15 is 0 Å². The van der Waals surface area contributed by atoms with Crippen molar-refractivity contribution in [1.82, 2.24) is 24.7 Å². The molecule has 7 nitrogen and oxygen atoms in total. The lowest BCUT2D eigenvalue weighted by molar-refractivity contribution is -0.0502. The van der Waals surface area contributed by atoms with Crippen LogP contribution >= 0.6 is 24.0 Å². The molecule has 1 aromatic carbocycles. The third-order valence-corrected chi connectivity index (χ3v) is 5.52. The minimum absolute atomic E-state index is 0. The summed E-state index contributed by atoms with van der Waals surface area (Å²) in [6.45, 7) is 1.56.